The highest BCUT2D eigenvalue weighted by Crippen LogP contribution is 2.34. The molecule has 0 saturated carbocycles. The van der Waals surface area contributed by atoms with Crippen LogP contribution in [0.25, 0.3) is 0 Å². The van der Waals surface area contributed by atoms with Gasteiger partial charge in [-0.15, -0.1) is 0 Å². The van der Waals surface area contributed by atoms with Gasteiger partial charge in [0.05, 0.1) is 6.61 Å². The van der Waals surface area contributed by atoms with Crippen LogP contribution in [-0.4, -0.2) is 6.61 Å². The molecule has 0 N–H and O–H groups in total. The van der Waals surface area contributed by atoms with Gasteiger partial charge in [-0.1, -0.05) is 25.1 Å². The predicted octanol–water partition coefficient (Wildman–Crippen LogP) is 2.39. The van der Waals surface area contributed by atoms with E-state index in [0.29, 0.717) is 5.92 Å². The molecular formula is C10H11O. The van der Waals surface area contributed by atoms with Crippen LogP contribution in [0.3, 0.4) is 0 Å². The van der Waals surface area contributed by atoms with Gasteiger partial charge in [-0.05, 0) is 12.5 Å². The molecule has 0 amide bonds. The van der Waals surface area contributed by atoms with E-state index in [0.717, 1.165) is 12.4 Å². The average Bonchev–Trinajstić information content (AvgIpc) is 2.47. The van der Waals surface area contributed by atoms with Crippen molar-refractivity contribution in [1.29, 1.82) is 0 Å². The smallest absolute Gasteiger partial charge is 0.122 e. The topological polar surface area (TPSA) is 9.23 Å². The molecule has 1 aromatic carbocycles. The predicted molar refractivity (Wildman–Crippen MR) is 44.7 cm³/mol. The van der Waals surface area contributed by atoms with E-state index in [1.807, 2.05) is 12.1 Å². The summed E-state index contributed by atoms with van der Waals surface area (Å²) in [6.45, 7) is 2.89. The highest BCUT2D eigenvalue weighted by molar-refractivity contribution is 5.40. The third-order valence-electron chi connectivity index (χ3n) is 2.14. The quantitative estimate of drug-likeness (QED) is 0.592. The van der Waals surface area contributed by atoms with Crippen LogP contribution in [0.4, 0.5) is 0 Å². The molecule has 1 atom stereocenters. The van der Waals surface area contributed by atoms with Crippen LogP contribution >= 0.6 is 0 Å². The fourth-order valence-electron chi connectivity index (χ4n) is 1.46. The summed E-state index contributed by atoms with van der Waals surface area (Å²) in [7, 11) is 0. The van der Waals surface area contributed by atoms with Crippen LogP contribution in [0.5, 0.6) is 5.75 Å². The van der Waals surface area contributed by atoms with Crippen LogP contribution in [-0.2, 0) is 0 Å². The molecule has 1 aliphatic heterocycles. The van der Waals surface area contributed by atoms with Gasteiger partial charge < -0.3 is 4.74 Å². The Bertz CT molecular complexity index is 255. The SMILES string of the molecule is C[CH]C1COc2ccccc21. The molecule has 0 fully saturated rings. The maximum atomic E-state index is 5.47. The van der Waals surface area contributed by atoms with Crippen molar-refractivity contribution < 1.29 is 4.74 Å². The summed E-state index contributed by atoms with van der Waals surface area (Å²) in [5.41, 5.74) is 1.33. The van der Waals surface area contributed by atoms with Gasteiger partial charge in [0.15, 0.2) is 0 Å². The normalized spacial score (nSPS) is 21.0. The zero-order valence-corrected chi connectivity index (χ0v) is 6.58. The molecule has 0 aromatic heterocycles. The van der Waals surface area contributed by atoms with Crippen LogP contribution in [0, 0.1) is 6.42 Å². The Morgan fingerprint density at radius 1 is 1.45 bits per heavy atom. The lowest BCUT2D eigenvalue weighted by molar-refractivity contribution is 0.341. The van der Waals surface area contributed by atoms with Crippen molar-refractivity contribution in [2.75, 3.05) is 6.61 Å². The van der Waals surface area contributed by atoms with E-state index in [2.05, 4.69) is 25.5 Å². The second-order valence-electron chi connectivity index (χ2n) is 2.79. The van der Waals surface area contributed by atoms with Crippen molar-refractivity contribution in [2.45, 2.75) is 12.8 Å². The fourth-order valence-corrected chi connectivity index (χ4v) is 1.46. The van der Waals surface area contributed by atoms with Crippen molar-refractivity contribution in [1.82, 2.24) is 0 Å². The Morgan fingerprint density at radius 2 is 2.27 bits per heavy atom. The highest BCUT2D eigenvalue weighted by Gasteiger charge is 2.21. The maximum absolute atomic E-state index is 5.47. The molecular weight excluding hydrogens is 136 g/mol. The molecule has 1 nitrogen and oxygen atoms in total. The van der Waals surface area contributed by atoms with Crippen LogP contribution in [0.2, 0.25) is 0 Å². The van der Waals surface area contributed by atoms with Crippen molar-refractivity contribution in [3.8, 4) is 5.75 Å². The minimum Gasteiger partial charge on any atom is -0.493 e. The molecule has 0 aliphatic carbocycles. The Kier molecular flexibility index (Phi) is 1.57. The van der Waals surface area contributed by atoms with E-state index in [9.17, 15) is 0 Å². The van der Waals surface area contributed by atoms with Gasteiger partial charge in [-0.3, -0.25) is 0 Å². The summed E-state index contributed by atoms with van der Waals surface area (Å²) in [5, 5.41) is 0. The van der Waals surface area contributed by atoms with Gasteiger partial charge in [0, 0.05) is 11.5 Å². The van der Waals surface area contributed by atoms with Crippen LogP contribution in [0.15, 0.2) is 24.3 Å². The van der Waals surface area contributed by atoms with Gasteiger partial charge in [0.1, 0.15) is 5.75 Å². The zero-order valence-electron chi connectivity index (χ0n) is 6.58. The highest BCUT2D eigenvalue weighted by atomic mass is 16.5. The summed E-state index contributed by atoms with van der Waals surface area (Å²) in [4.78, 5) is 0. The molecule has 1 radical (unpaired) electrons. The number of hydrogen-bond acceptors (Lipinski definition) is 1. The molecule has 0 saturated heterocycles. The summed E-state index contributed by atoms with van der Waals surface area (Å²) >= 11 is 0. The first-order chi connectivity index (χ1) is 5.42. The van der Waals surface area contributed by atoms with E-state index in [-0.39, 0.29) is 0 Å². The first-order valence-electron chi connectivity index (χ1n) is 3.93. The Labute approximate surface area is 67.0 Å². The summed E-state index contributed by atoms with van der Waals surface area (Å²) in [6.07, 6.45) is 2.19. The second kappa shape index (κ2) is 2.57. The first kappa shape index (κ1) is 6.71. The molecule has 11 heavy (non-hydrogen) atoms. The number of benzene rings is 1. The van der Waals surface area contributed by atoms with Crippen molar-refractivity contribution in [3.63, 3.8) is 0 Å². The number of rotatable bonds is 1. The number of hydrogen-bond donors (Lipinski definition) is 0. The van der Waals surface area contributed by atoms with Gasteiger partial charge in [0.2, 0.25) is 0 Å². The van der Waals surface area contributed by atoms with Crippen molar-refractivity contribution >= 4 is 0 Å². The summed E-state index contributed by atoms with van der Waals surface area (Å²) < 4.78 is 5.47. The minimum atomic E-state index is 0.506. The van der Waals surface area contributed by atoms with E-state index in [1.54, 1.807) is 0 Å². The molecule has 2 rings (SSSR count). The lowest BCUT2D eigenvalue weighted by Crippen LogP contribution is -1.98. The largest absolute Gasteiger partial charge is 0.493 e. The van der Waals surface area contributed by atoms with E-state index in [4.69, 9.17) is 4.74 Å². The third kappa shape index (κ3) is 1.01. The lowest BCUT2D eigenvalue weighted by atomic mass is 9.99. The third-order valence-corrected chi connectivity index (χ3v) is 2.14. The Hall–Kier alpha value is -0.980. The Morgan fingerprint density at radius 3 is 3.09 bits per heavy atom. The standard InChI is InChI=1S/C10H11O/c1-2-8-7-11-10-6-4-3-5-9(8)10/h2-6,8H,7H2,1H3. The molecule has 0 spiro atoms. The average molecular weight is 147 g/mol. The van der Waals surface area contributed by atoms with E-state index >= 15 is 0 Å². The summed E-state index contributed by atoms with van der Waals surface area (Å²) in [5.74, 6) is 1.56. The second-order valence-corrected chi connectivity index (χ2v) is 2.79. The fraction of sp³-hybridized carbons (Fsp3) is 0.300. The monoisotopic (exact) mass is 147 g/mol. The molecule has 57 valence electrons. The van der Waals surface area contributed by atoms with Gasteiger partial charge in [-0.2, -0.15) is 0 Å². The van der Waals surface area contributed by atoms with Crippen molar-refractivity contribution in [3.05, 3.63) is 36.2 Å². The molecule has 1 heteroatoms. The number of para-hydroxylation sites is 1. The number of ether oxygens (including phenoxy) is 1. The van der Waals surface area contributed by atoms with Gasteiger partial charge in [0.25, 0.3) is 0 Å². The van der Waals surface area contributed by atoms with Crippen LogP contribution < -0.4 is 4.74 Å². The van der Waals surface area contributed by atoms with Crippen molar-refractivity contribution in [2.24, 2.45) is 0 Å². The van der Waals surface area contributed by atoms with E-state index < -0.39 is 0 Å². The summed E-state index contributed by atoms with van der Waals surface area (Å²) in [6, 6.07) is 8.23. The first-order valence-corrected chi connectivity index (χ1v) is 3.93. The number of fused-ring (bicyclic) bond motifs is 1. The molecule has 1 unspecified atom stereocenters. The van der Waals surface area contributed by atoms with Crippen LogP contribution in [0.1, 0.15) is 18.4 Å². The van der Waals surface area contributed by atoms with Gasteiger partial charge >= 0.3 is 0 Å². The maximum Gasteiger partial charge on any atom is 0.122 e. The molecule has 1 aliphatic rings. The molecule has 1 aromatic rings. The molecule has 0 bridgehead atoms. The van der Waals surface area contributed by atoms with E-state index in [1.165, 1.54) is 5.56 Å². The molecule has 1 heterocycles. The minimum absolute atomic E-state index is 0.506. The van der Waals surface area contributed by atoms with Gasteiger partial charge in [-0.25, -0.2) is 0 Å². The zero-order chi connectivity index (χ0) is 7.68. The lowest BCUT2D eigenvalue weighted by Gasteiger charge is -2.01. The Balaban J connectivity index is 2.39.